The molecule has 0 spiro atoms. The first-order valence-corrected chi connectivity index (χ1v) is 6.78. The van der Waals surface area contributed by atoms with Gasteiger partial charge in [-0.2, -0.15) is 10.2 Å². The van der Waals surface area contributed by atoms with Crippen LogP contribution in [0.5, 0.6) is 0 Å². The molecule has 0 saturated carbocycles. The van der Waals surface area contributed by atoms with E-state index in [2.05, 4.69) is 41.4 Å². The maximum Gasteiger partial charge on any atom is 0.175 e. The minimum atomic E-state index is 0.779. The molecule has 0 radical (unpaired) electrons. The van der Waals surface area contributed by atoms with Crippen molar-refractivity contribution in [3.05, 3.63) is 35.3 Å². The molecule has 19 heavy (non-hydrogen) atoms. The van der Waals surface area contributed by atoms with E-state index in [1.54, 1.807) is 6.20 Å². The Balaban J connectivity index is 2.16. The lowest BCUT2D eigenvalue weighted by Crippen LogP contribution is -2.14. The van der Waals surface area contributed by atoms with Crippen LogP contribution in [0.25, 0.3) is 5.82 Å². The molecule has 102 valence electrons. The standard InChI is InChI=1S/C14H21N5/c1-4-15-9-5-7-13-11(2)18-19(12(13)3)14-8-6-10-16-17-14/h6,8,10,15H,4-5,7,9H2,1-3H3. The maximum absolute atomic E-state index is 4.57. The molecule has 0 fully saturated rings. The van der Waals surface area contributed by atoms with Gasteiger partial charge < -0.3 is 5.32 Å². The van der Waals surface area contributed by atoms with Gasteiger partial charge in [-0.1, -0.05) is 6.92 Å². The van der Waals surface area contributed by atoms with Gasteiger partial charge in [0.1, 0.15) is 0 Å². The largest absolute Gasteiger partial charge is 0.317 e. The Morgan fingerprint density at radius 3 is 2.84 bits per heavy atom. The number of hydrogen-bond acceptors (Lipinski definition) is 4. The van der Waals surface area contributed by atoms with Crippen LogP contribution in [-0.4, -0.2) is 33.1 Å². The lowest BCUT2D eigenvalue weighted by molar-refractivity contribution is 0.670. The Morgan fingerprint density at radius 1 is 1.32 bits per heavy atom. The summed E-state index contributed by atoms with van der Waals surface area (Å²) >= 11 is 0. The second kappa shape index (κ2) is 6.43. The van der Waals surface area contributed by atoms with Gasteiger partial charge in [0.15, 0.2) is 5.82 Å². The third-order valence-corrected chi connectivity index (χ3v) is 3.25. The monoisotopic (exact) mass is 259 g/mol. The number of aryl methyl sites for hydroxylation is 1. The summed E-state index contributed by atoms with van der Waals surface area (Å²) in [6, 6.07) is 3.80. The second-order valence-electron chi connectivity index (χ2n) is 4.60. The molecule has 2 rings (SSSR count). The predicted octanol–water partition coefficient (Wildman–Crippen LogP) is 1.82. The summed E-state index contributed by atoms with van der Waals surface area (Å²) in [5.41, 5.74) is 3.57. The van der Waals surface area contributed by atoms with Gasteiger partial charge in [-0.3, -0.25) is 0 Å². The Labute approximate surface area is 114 Å². The number of hydrogen-bond donors (Lipinski definition) is 1. The first-order chi connectivity index (χ1) is 9.24. The molecular formula is C14H21N5. The Kier molecular flexibility index (Phi) is 4.63. The first kappa shape index (κ1) is 13.7. The van der Waals surface area contributed by atoms with Crippen molar-refractivity contribution in [3.8, 4) is 5.82 Å². The van der Waals surface area contributed by atoms with Crippen LogP contribution in [0.1, 0.15) is 30.3 Å². The highest BCUT2D eigenvalue weighted by molar-refractivity contribution is 5.31. The zero-order valence-electron chi connectivity index (χ0n) is 11.8. The number of nitrogens with zero attached hydrogens (tertiary/aromatic N) is 4. The van der Waals surface area contributed by atoms with Crippen molar-refractivity contribution < 1.29 is 0 Å². The van der Waals surface area contributed by atoms with Crippen molar-refractivity contribution in [1.29, 1.82) is 0 Å². The van der Waals surface area contributed by atoms with E-state index in [9.17, 15) is 0 Å². The van der Waals surface area contributed by atoms with E-state index >= 15 is 0 Å². The number of aromatic nitrogens is 4. The Morgan fingerprint density at radius 2 is 2.16 bits per heavy atom. The lowest BCUT2D eigenvalue weighted by Gasteiger charge is -2.04. The molecule has 0 aliphatic carbocycles. The molecule has 0 aliphatic heterocycles. The topological polar surface area (TPSA) is 55.6 Å². The zero-order valence-corrected chi connectivity index (χ0v) is 11.8. The minimum Gasteiger partial charge on any atom is -0.317 e. The lowest BCUT2D eigenvalue weighted by atomic mass is 10.1. The number of nitrogens with one attached hydrogen (secondary N) is 1. The van der Waals surface area contributed by atoms with Gasteiger partial charge >= 0.3 is 0 Å². The van der Waals surface area contributed by atoms with Crippen molar-refractivity contribution >= 4 is 0 Å². The van der Waals surface area contributed by atoms with Crippen molar-refractivity contribution in [2.75, 3.05) is 13.1 Å². The Bertz CT molecular complexity index is 518. The third-order valence-electron chi connectivity index (χ3n) is 3.25. The summed E-state index contributed by atoms with van der Waals surface area (Å²) < 4.78 is 1.88. The molecule has 5 heteroatoms. The van der Waals surface area contributed by atoms with Gasteiger partial charge in [0, 0.05) is 11.9 Å². The summed E-state index contributed by atoms with van der Waals surface area (Å²) in [7, 11) is 0. The normalized spacial score (nSPS) is 10.9. The molecule has 0 aromatic carbocycles. The van der Waals surface area contributed by atoms with Crippen LogP contribution < -0.4 is 5.32 Å². The second-order valence-corrected chi connectivity index (χ2v) is 4.60. The van der Waals surface area contributed by atoms with E-state index in [1.807, 2.05) is 16.8 Å². The van der Waals surface area contributed by atoms with Crippen LogP contribution in [-0.2, 0) is 6.42 Å². The average Bonchev–Trinajstić information content (AvgIpc) is 2.72. The molecule has 0 atom stereocenters. The van der Waals surface area contributed by atoms with Gasteiger partial charge in [-0.05, 0) is 57.5 Å². The third kappa shape index (κ3) is 3.17. The fourth-order valence-electron chi connectivity index (χ4n) is 2.23. The van der Waals surface area contributed by atoms with Crippen molar-refractivity contribution in [2.24, 2.45) is 0 Å². The summed E-state index contributed by atoms with van der Waals surface area (Å²) in [5, 5.41) is 15.9. The zero-order chi connectivity index (χ0) is 13.7. The minimum absolute atomic E-state index is 0.779. The van der Waals surface area contributed by atoms with E-state index < -0.39 is 0 Å². The molecular weight excluding hydrogens is 238 g/mol. The molecule has 0 saturated heterocycles. The first-order valence-electron chi connectivity index (χ1n) is 6.78. The van der Waals surface area contributed by atoms with E-state index in [1.165, 1.54) is 5.56 Å². The van der Waals surface area contributed by atoms with Crippen molar-refractivity contribution in [2.45, 2.75) is 33.6 Å². The Hall–Kier alpha value is -1.75. The van der Waals surface area contributed by atoms with E-state index in [0.29, 0.717) is 0 Å². The van der Waals surface area contributed by atoms with Crippen LogP contribution in [0.15, 0.2) is 18.3 Å². The smallest absolute Gasteiger partial charge is 0.175 e. The van der Waals surface area contributed by atoms with Crippen LogP contribution in [0.2, 0.25) is 0 Å². The SMILES string of the molecule is CCNCCCc1c(C)nn(-c2cccnn2)c1C. The predicted molar refractivity (Wildman–Crippen MR) is 75.5 cm³/mol. The molecule has 5 nitrogen and oxygen atoms in total. The molecule has 2 aromatic rings. The molecule has 2 heterocycles. The highest BCUT2D eigenvalue weighted by Crippen LogP contribution is 2.17. The molecule has 0 aliphatic rings. The molecule has 2 aromatic heterocycles. The fourth-order valence-corrected chi connectivity index (χ4v) is 2.23. The van der Waals surface area contributed by atoms with E-state index in [0.717, 1.165) is 43.1 Å². The van der Waals surface area contributed by atoms with Crippen LogP contribution >= 0.6 is 0 Å². The van der Waals surface area contributed by atoms with E-state index in [4.69, 9.17) is 0 Å². The average molecular weight is 259 g/mol. The van der Waals surface area contributed by atoms with Gasteiger partial charge in [0.05, 0.1) is 5.69 Å². The summed E-state index contributed by atoms with van der Waals surface area (Å²) in [6.45, 7) is 8.35. The highest BCUT2D eigenvalue weighted by Gasteiger charge is 2.12. The summed E-state index contributed by atoms with van der Waals surface area (Å²) in [6.07, 6.45) is 3.85. The fraction of sp³-hybridized carbons (Fsp3) is 0.500. The molecule has 0 amide bonds. The highest BCUT2D eigenvalue weighted by atomic mass is 15.3. The van der Waals surface area contributed by atoms with Gasteiger partial charge in [0.2, 0.25) is 0 Å². The van der Waals surface area contributed by atoms with Crippen LogP contribution in [0, 0.1) is 13.8 Å². The number of rotatable bonds is 6. The molecule has 0 bridgehead atoms. The maximum atomic E-state index is 4.57. The van der Waals surface area contributed by atoms with E-state index in [-0.39, 0.29) is 0 Å². The molecule has 0 unspecified atom stereocenters. The van der Waals surface area contributed by atoms with Crippen molar-refractivity contribution in [3.63, 3.8) is 0 Å². The van der Waals surface area contributed by atoms with Crippen LogP contribution in [0.3, 0.4) is 0 Å². The van der Waals surface area contributed by atoms with Crippen LogP contribution in [0.4, 0.5) is 0 Å². The van der Waals surface area contributed by atoms with Crippen molar-refractivity contribution in [1.82, 2.24) is 25.3 Å². The molecule has 1 N–H and O–H groups in total. The van der Waals surface area contributed by atoms with Gasteiger partial charge in [0.25, 0.3) is 0 Å². The quantitative estimate of drug-likeness (QED) is 0.804. The summed E-state index contributed by atoms with van der Waals surface area (Å²) in [5.74, 6) is 0.779. The van der Waals surface area contributed by atoms with Gasteiger partial charge in [-0.25, -0.2) is 4.68 Å². The summed E-state index contributed by atoms with van der Waals surface area (Å²) in [4.78, 5) is 0. The van der Waals surface area contributed by atoms with Gasteiger partial charge in [-0.15, -0.1) is 5.10 Å².